The van der Waals surface area contributed by atoms with Gasteiger partial charge >= 0.3 is 0 Å². The smallest absolute Gasteiger partial charge is 0.242 e. The minimum Gasteiger partial charge on any atom is -0.326 e. The molecular formula is C22H26N6O4S. The van der Waals surface area contributed by atoms with Crippen LogP contribution in [0, 0.1) is 0 Å². The molecule has 0 unspecified atom stereocenters. The highest BCUT2D eigenvalue weighted by molar-refractivity contribution is 7.89. The van der Waals surface area contributed by atoms with Gasteiger partial charge in [0.2, 0.25) is 21.8 Å². The van der Waals surface area contributed by atoms with Gasteiger partial charge in [-0.05, 0) is 43.3 Å². The first-order valence-corrected chi connectivity index (χ1v) is 11.8. The van der Waals surface area contributed by atoms with E-state index in [0.29, 0.717) is 22.8 Å². The van der Waals surface area contributed by atoms with Gasteiger partial charge in [0.05, 0.1) is 16.6 Å². The number of aromatic nitrogens is 3. The number of carbonyl (C=O) groups excluding carboxylic acids is 2. The van der Waals surface area contributed by atoms with Crippen LogP contribution in [0.3, 0.4) is 0 Å². The molecule has 1 heterocycles. The van der Waals surface area contributed by atoms with Crippen molar-refractivity contribution >= 4 is 33.2 Å². The molecule has 1 atom stereocenters. The van der Waals surface area contributed by atoms with E-state index in [1.165, 1.54) is 38.1 Å². The average Bonchev–Trinajstić information content (AvgIpc) is 3.24. The molecule has 3 aromatic rings. The zero-order valence-corrected chi connectivity index (χ0v) is 19.5. The van der Waals surface area contributed by atoms with Gasteiger partial charge in [-0.2, -0.15) is 9.82 Å². The van der Waals surface area contributed by atoms with Crippen LogP contribution >= 0.6 is 0 Å². The molecule has 0 radical (unpaired) electrons. The minimum atomic E-state index is -3.96. The zero-order valence-electron chi connectivity index (χ0n) is 18.7. The van der Waals surface area contributed by atoms with Crippen molar-refractivity contribution in [3.63, 3.8) is 0 Å². The summed E-state index contributed by atoms with van der Waals surface area (Å²) in [5.74, 6) is 0.508. The van der Waals surface area contributed by atoms with E-state index < -0.39 is 22.0 Å². The lowest BCUT2D eigenvalue weighted by molar-refractivity contribution is -0.117. The maximum Gasteiger partial charge on any atom is 0.242 e. The molecule has 0 saturated carbocycles. The first-order chi connectivity index (χ1) is 15.6. The number of para-hydroxylation sites is 1. The van der Waals surface area contributed by atoms with E-state index in [-0.39, 0.29) is 16.7 Å². The molecule has 4 N–H and O–H groups in total. The fourth-order valence-electron chi connectivity index (χ4n) is 2.96. The number of benzene rings is 2. The molecule has 2 aromatic carbocycles. The van der Waals surface area contributed by atoms with Crippen molar-refractivity contribution in [1.82, 2.24) is 19.9 Å². The Bertz CT molecular complexity index is 1250. The van der Waals surface area contributed by atoms with Gasteiger partial charge in [-0.15, -0.1) is 0 Å². The predicted molar refractivity (Wildman–Crippen MR) is 125 cm³/mol. The number of rotatable bonds is 8. The van der Waals surface area contributed by atoms with Crippen LogP contribution in [-0.2, 0) is 19.6 Å². The fraction of sp³-hybridized carbons (Fsp3) is 0.273. The van der Waals surface area contributed by atoms with Crippen LogP contribution in [0.1, 0.15) is 39.4 Å². The quantitative estimate of drug-likeness (QED) is 0.398. The fourth-order valence-corrected chi connectivity index (χ4v) is 4.16. The molecule has 0 bridgehead atoms. The second-order valence-electron chi connectivity index (χ2n) is 7.78. The Balaban J connectivity index is 1.72. The van der Waals surface area contributed by atoms with Crippen LogP contribution in [-0.4, -0.2) is 41.5 Å². The van der Waals surface area contributed by atoms with Gasteiger partial charge in [0.15, 0.2) is 5.82 Å². The molecule has 11 heteroatoms. The molecule has 10 nitrogen and oxygen atoms in total. The number of nitrogens with zero attached hydrogens (tertiary/aromatic N) is 2. The summed E-state index contributed by atoms with van der Waals surface area (Å²) in [6.45, 7) is 6.78. The molecule has 2 amide bonds. The number of aromatic amines is 1. The van der Waals surface area contributed by atoms with E-state index in [1.54, 1.807) is 24.3 Å². The summed E-state index contributed by atoms with van der Waals surface area (Å²) in [6.07, 6.45) is 0. The summed E-state index contributed by atoms with van der Waals surface area (Å²) < 4.78 is 27.7. The molecule has 33 heavy (non-hydrogen) atoms. The number of H-pyrrole nitrogens is 1. The molecule has 0 aliphatic heterocycles. The monoisotopic (exact) mass is 470 g/mol. The lowest BCUT2D eigenvalue weighted by Crippen LogP contribution is -2.41. The van der Waals surface area contributed by atoms with E-state index in [2.05, 4.69) is 30.5 Å². The van der Waals surface area contributed by atoms with Gasteiger partial charge in [-0.3, -0.25) is 14.7 Å². The normalized spacial score (nSPS) is 12.4. The Labute approximate surface area is 192 Å². The number of amides is 2. The maximum atomic E-state index is 12.8. The topological polar surface area (TPSA) is 146 Å². The highest BCUT2D eigenvalue weighted by Gasteiger charge is 2.23. The second kappa shape index (κ2) is 9.92. The summed E-state index contributed by atoms with van der Waals surface area (Å²) in [5.41, 5.74) is 1.54. The lowest BCUT2D eigenvalue weighted by Gasteiger charge is -2.16. The highest BCUT2D eigenvalue weighted by atomic mass is 32.2. The number of nitrogens with one attached hydrogen (secondary N) is 4. The Hall–Kier alpha value is -3.57. The van der Waals surface area contributed by atoms with Crippen molar-refractivity contribution in [2.75, 3.05) is 10.6 Å². The van der Waals surface area contributed by atoms with Gasteiger partial charge in [-0.1, -0.05) is 26.0 Å². The van der Waals surface area contributed by atoms with E-state index >= 15 is 0 Å². The first-order valence-electron chi connectivity index (χ1n) is 10.3. The lowest BCUT2D eigenvalue weighted by atomic mass is 10.1. The average molecular weight is 471 g/mol. The molecule has 174 valence electrons. The molecule has 0 aliphatic rings. The van der Waals surface area contributed by atoms with Crippen LogP contribution in [0.15, 0.2) is 53.4 Å². The minimum absolute atomic E-state index is 0.0291. The SMILES string of the molecule is CC(=O)Nc1ccc(S(=O)(=O)N[C@@H](C)C(=O)Nc2ccccc2-c2n[nH]c(C(C)C)n2)cc1. The Kier molecular flexibility index (Phi) is 7.24. The van der Waals surface area contributed by atoms with Crippen LogP contribution < -0.4 is 15.4 Å². The molecule has 0 fully saturated rings. The molecular weight excluding hydrogens is 444 g/mol. The summed E-state index contributed by atoms with van der Waals surface area (Å²) in [4.78, 5) is 28.3. The Morgan fingerprint density at radius 3 is 2.24 bits per heavy atom. The zero-order chi connectivity index (χ0) is 24.2. The van der Waals surface area contributed by atoms with Crippen molar-refractivity contribution in [1.29, 1.82) is 0 Å². The predicted octanol–water partition coefficient (Wildman–Crippen LogP) is 2.86. The Morgan fingerprint density at radius 1 is 0.970 bits per heavy atom. The second-order valence-corrected chi connectivity index (χ2v) is 9.50. The first kappa shape index (κ1) is 24.1. The van der Waals surface area contributed by atoms with Gasteiger partial charge in [-0.25, -0.2) is 13.4 Å². The van der Waals surface area contributed by atoms with Crippen molar-refractivity contribution in [2.24, 2.45) is 0 Å². The third-order valence-electron chi connectivity index (χ3n) is 4.69. The number of carbonyl (C=O) groups is 2. The van der Waals surface area contributed by atoms with Gasteiger partial charge in [0.1, 0.15) is 5.82 Å². The van der Waals surface area contributed by atoms with Crippen molar-refractivity contribution in [2.45, 2.75) is 44.6 Å². The molecule has 3 rings (SSSR count). The number of hydrogen-bond donors (Lipinski definition) is 4. The summed E-state index contributed by atoms with van der Waals surface area (Å²) >= 11 is 0. The van der Waals surface area contributed by atoms with Crippen LogP contribution in [0.4, 0.5) is 11.4 Å². The standard InChI is InChI=1S/C22H26N6O4S/c1-13(2)20-25-21(27-26-20)18-7-5-6-8-19(18)24-22(30)14(3)28-33(31,32)17-11-9-16(10-12-17)23-15(4)29/h5-14,28H,1-4H3,(H,23,29)(H,24,30)(H,25,26,27)/t14-/m0/s1. The number of hydrogen-bond acceptors (Lipinski definition) is 6. The van der Waals surface area contributed by atoms with E-state index in [0.717, 1.165) is 5.82 Å². The summed E-state index contributed by atoms with van der Waals surface area (Å²) in [5, 5.41) is 12.4. The molecule has 0 saturated heterocycles. The maximum absolute atomic E-state index is 12.8. The van der Waals surface area contributed by atoms with Crippen LogP contribution in [0.2, 0.25) is 0 Å². The van der Waals surface area contributed by atoms with E-state index in [9.17, 15) is 18.0 Å². The van der Waals surface area contributed by atoms with Gasteiger partial charge < -0.3 is 10.6 Å². The van der Waals surface area contributed by atoms with E-state index in [4.69, 9.17) is 0 Å². The van der Waals surface area contributed by atoms with Crippen molar-refractivity contribution < 1.29 is 18.0 Å². The van der Waals surface area contributed by atoms with Crippen LogP contribution in [0.25, 0.3) is 11.4 Å². The number of sulfonamides is 1. The molecule has 0 aliphatic carbocycles. The summed E-state index contributed by atoms with van der Waals surface area (Å²) in [6, 6.07) is 11.6. The highest BCUT2D eigenvalue weighted by Crippen LogP contribution is 2.26. The van der Waals surface area contributed by atoms with Gasteiger partial charge in [0, 0.05) is 24.1 Å². The summed E-state index contributed by atoms with van der Waals surface area (Å²) in [7, 11) is -3.96. The van der Waals surface area contributed by atoms with E-state index in [1.807, 2.05) is 13.8 Å². The third-order valence-corrected chi connectivity index (χ3v) is 6.24. The molecule has 1 aromatic heterocycles. The number of anilines is 2. The van der Waals surface area contributed by atoms with Crippen molar-refractivity contribution in [3.8, 4) is 11.4 Å². The van der Waals surface area contributed by atoms with Gasteiger partial charge in [0.25, 0.3) is 0 Å². The Morgan fingerprint density at radius 2 is 1.64 bits per heavy atom. The van der Waals surface area contributed by atoms with Crippen molar-refractivity contribution in [3.05, 3.63) is 54.4 Å². The largest absolute Gasteiger partial charge is 0.326 e. The van der Waals surface area contributed by atoms with Crippen LogP contribution in [0.5, 0.6) is 0 Å². The third kappa shape index (κ3) is 6.02. The molecule has 0 spiro atoms.